The van der Waals surface area contributed by atoms with Crippen molar-refractivity contribution in [1.29, 1.82) is 0 Å². The molecule has 0 saturated heterocycles. The van der Waals surface area contributed by atoms with Crippen molar-refractivity contribution >= 4 is 23.1 Å². The third-order valence-electron chi connectivity index (χ3n) is 1.95. The van der Waals surface area contributed by atoms with E-state index in [2.05, 4.69) is 25.1 Å². The molecule has 4 heteroatoms. The van der Waals surface area contributed by atoms with Crippen molar-refractivity contribution in [2.75, 3.05) is 27.2 Å². The minimum absolute atomic E-state index is 0. The molecule has 0 N–H and O–H groups in total. The molecule has 0 unspecified atom stereocenters. The average molecular weight is 252 g/mol. The molecule has 0 aromatic heterocycles. The summed E-state index contributed by atoms with van der Waals surface area (Å²) in [6.45, 7) is 1.93. The Labute approximate surface area is 121 Å². The van der Waals surface area contributed by atoms with Gasteiger partial charge in [0.25, 0.3) is 0 Å². The fourth-order valence-electron chi connectivity index (χ4n) is 1.19. The molecule has 0 saturated carbocycles. The Morgan fingerprint density at radius 1 is 1.31 bits per heavy atom. The van der Waals surface area contributed by atoms with Crippen LogP contribution in [0.15, 0.2) is 24.3 Å². The van der Waals surface area contributed by atoms with Gasteiger partial charge in [0.2, 0.25) is 0 Å². The van der Waals surface area contributed by atoms with E-state index in [1.165, 1.54) is 6.42 Å². The Kier molecular flexibility index (Phi) is 13.2. The molecule has 1 rings (SSSR count). The fourth-order valence-corrected chi connectivity index (χ4v) is 1.19. The van der Waals surface area contributed by atoms with Gasteiger partial charge >= 0.3 is 23.1 Å². The summed E-state index contributed by atoms with van der Waals surface area (Å²) < 4.78 is 5.54. The van der Waals surface area contributed by atoms with Gasteiger partial charge < -0.3 is 22.0 Å². The zero-order chi connectivity index (χ0) is 10.2. The molecule has 0 fully saturated rings. The molecule has 1 aromatic rings. The van der Waals surface area contributed by atoms with E-state index in [4.69, 9.17) is 4.74 Å². The van der Waals surface area contributed by atoms with Crippen molar-refractivity contribution in [2.24, 2.45) is 0 Å². The number of unbranched alkanes of at least 4 members (excludes halogenated alkanes) is 1. The third kappa shape index (κ3) is 9.28. The quantitative estimate of drug-likeness (QED) is 0.359. The first-order chi connectivity index (χ1) is 6.79. The molecular weight excluding hydrogens is 234 g/mol. The molecule has 0 bridgehead atoms. The zero-order valence-corrected chi connectivity index (χ0v) is 12.2. The number of benzene rings is 1. The topological polar surface area (TPSA) is 12.5 Å². The molecule has 16 heavy (non-hydrogen) atoms. The molecule has 86 valence electrons. The first-order valence-corrected chi connectivity index (χ1v) is 5.02. The van der Waals surface area contributed by atoms with Gasteiger partial charge in [-0.1, -0.05) is 0 Å². The van der Waals surface area contributed by atoms with Crippen LogP contribution in [0.4, 0.5) is 0 Å². The predicted octanol–water partition coefficient (Wildman–Crippen LogP) is -1.17. The Bertz CT molecular complexity index is 244. The van der Waals surface area contributed by atoms with Gasteiger partial charge in [0.15, 0.2) is 0 Å². The van der Waals surface area contributed by atoms with E-state index in [1.54, 1.807) is 0 Å². The van der Waals surface area contributed by atoms with Crippen LogP contribution in [0.2, 0.25) is 0 Å². The molecule has 0 aliphatic rings. The summed E-state index contributed by atoms with van der Waals surface area (Å²) in [4.78, 5) is 2.19. The monoisotopic (exact) mass is 251 g/mol. The Morgan fingerprint density at radius 3 is 2.62 bits per heavy atom. The summed E-state index contributed by atoms with van der Waals surface area (Å²) in [5.41, 5.74) is 0. The largest absolute Gasteiger partial charge is 2.00 e. The van der Waals surface area contributed by atoms with Gasteiger partial charge in [-0.15, -0.1) is 12.1 Å². The zero-order valence-electron chi connectivity index (χ0n) is 10.1. The SMILES string of the molecule is CN(C)CCCCOc1c[c-]ccc1.[Cl-].[Mg+2]. The molecule has 0 aliphatic carbocycles. The van der Waals surface area contributed by atoms with Crippen LogP contribution in [-0.4, -0.2) is 55.2 Å². The summed E-state index contributed by atoms with van der Waals surface area (Å²) in [5.74, 6) is 0.914. The maximum absolute atomic E-state index is 5.54. The van der Waals surface area contributed by atoms with Crippen molar-refractivity contribution in [3.63, 3.8) is 0 Å². The summed E-state index contributed by atoms with van der Waals surface area (Å²) in [6, 6.07) is 10.6. The number of nitrogens with zero attached hydrogens (tertiary/aromatic N) is 1. The van der Waals surface area contributed by atoms with Crippen molar-refractivity contribution in [3.8, 4) is 5.75 Å². The minimum atomic E-state index is 0. The summed E-state index contributed by atoms with van der Waals surface area (Å²) in [6.07, 6.45) is 2.29. The van der Waals surface area contributed by atoms with Gasteiger partial charge in [0, 0.05) is 5.75 Å². The second-order valence-electron chi connectivity index (χ2n) is 3.60. The van der Waals surface area contributed by atoms with Gasteiger partial charge in [-0.25, -0.2) is 0 Å². The van der Waals surface area contributed by atoms with E-state index in [0.717, 1.165) is 25.3 Å². The van der Waals surface area contributed by atoms with E-state index in [9.17, 15) is 0 Å². The summed E-state index contributed by atoms with van der Waals surface area (Å²) in [5, 5.41) is 0. The fraction of sp³-hybridized carbons (Fsp3) is 0.500. The van der Waals surface area contributed by atoms with Gasteiger partial charge in [-0.05, 0) is 33.5 Å². The molecule has 0 aliphatic heterocycles. The van der Waals surface area contributed by atoms with Crippen LogP contribution >= 0.6 is 0 Å². The van der Waals surface area contributed by atoms with Crippen molar-refractivity contribution < 1.29 is 17.1 Å². The summed E-state index contributed by atoms with van der Waals surface area (Å²) in [7, 11) is 4.18. The third-order valence-corrected chi connectivity index (χ3v) is 1.95. The first-order valence-electron chi connectivity index (χ1n) is 5.02. The van der Waals surface area contributed by atoms with E-state index in [-0.39, 0.29) is 35.5 Å². The number of hydrogen-bond donors (Lipinski definition) is 0. The molecule has 1 aromatic carbocycles. The van der Waals surface area contributed by atoms with Crippen LogP contribution < -0.4 is 17.1 Å². The van der Waals surface area contributed by atoms with Gasteiger partial charge in [0.05, 0.1) is 6.61 Å². The Balaban J connectivity index is 0. The normalized spacial score (nSPS) is 9.19. The molecular formula is C12H18ClMgNO. The van der Waals surface area contributed by atoms with Crippen LogP contribution in [-0.2, 0) is 0 Å². The van der Waals surface area contributed by atoms with Crippen LogP contribution in [0.3, 0.4) is 0 Å². The maximum atomic E-state index is 5.54. The maximum Gasteiger partial charge on any atom is 2.00 e. The average Bonchev–Trinajstić information content (AvgIpc) is 2.18. The smallest absolute Gasteiger partial charge is 1.00 e. The molecule has 2 nitrogen and oxygen atoms in total. The standard InChI is InChI=1S/C12H18NO.ClH.Mg/c1-13(2)10-6-7-11-14-12-8-4-3-5-9-12;;/h3-4,8-9H,6-7,10-11H2,1-2H3;1H;/q-1;;+2/p-1. The van der Waals surface area contributed by atoms with Gasteiger partial charge in [-0.3, -0.25) is 0 Å². The molecule has 0 heterocycles. The van der Waals surface area contributed by atoms with E-state index in [0.29, 0.717) is 0 Å². The number of ether oxygens (including phenoxy) is 1. The van der Waals surface area contributed by atoms with E-state index in [1.807, 2.05) is 24.3 Å². The summed E-state index contributed by atoms with van der Waals surface area (Å²) >= 11 is 0. The molecule has 0 atom stereocenters. The number of hydrogen-bond acceptors (Lipinski definition) is 2. The van der Waals surface area contributed by atoms with Crippen LogP contribution in [0.5, 0.6) is 5.75 Å². The Morgan fingerprint density at radius 2 is 2.06 bits per heavy atom. The van der Waals surface area contributed by atoms with E-state index >= 15 is 0 Å². The molecule has 0 amide bonds. The molecule has 0 spiro atoms. The Hall–Kier alpha value is 0.0362. The molecule has 0 radical (unpaired) electrons. The second kappa shape index (κ2) is 11.5. The second-order valence-corrected chi connectivity index (χ2v) is 3.60. The minimum Gasteiger partial charge on any atom is -1.00 e. The predicted molar refractivity (Wildman–Crippen MR) is 64.3 cm³/mol. The van der Waals surface area contributed by atoms with E-state index < -0.39 is 0 Å². The van der Waals surface area contributed by atoms with Crippen LogP contribution in [0, 0.1) is 6.07 Å². The van der Waals surface area contributed by atoms with Crippen molar-refractivity contribution in [2.45, 2.75) is 12.8 Å². The number of rotatable bonds is 6. The van der Waals surface area contributed by atoms with Gasteiger partial charge in [-0.2, -0.15) is 18.2 Å². The number of halogens is 1. The van der Waals surface area contributed by atoms with Gasteiger partial charge in [0.1, 0.15) is 0 Å². The van der Waals surface area contributed by atoms with Crippen molar-refractivity contribution in [1.82, 2.24) is 4.90 Å². The first kappa shape index (κ1) is 18.4. The van der Waals surface area contributed by atoms with Crippen molar-refractivity contribution in [3.05, 3.63) is 30.3 Å². The van der Waals surface area contributed by atoms with Crippen LogP contribution in [0.25, 0.3) is 0 Å². The van der Waals surface area contributed by atoms with Crippen LogP contribution in [0.1, 0.15) is 12.8 Å².